The van der Waals surface area contributed by atoms with E-state index in [2.05, 4.69) is 15.9 Å². The molecule has 0 bridgehead atoms. The average Bonchev–Trinajstić information content (AvgIpc) is 2.78. The maximum absolute atomic E-state index is 14.0. The van der Waals surface area contributed by atoms with Crippen LogP contribution in [0.4, 0.5) is 4.39 Å². The SMILES string of the molecule is CCOC(=O)C1=C(C)OC(N)=C(C#N)C1c1cc(Br)c(OCc2ccccc2F)c(OC)c1. The summed E-state index contributed by atoms with van der Waals surface area (Å²) in [6.45, 7) is 3.39. The van der Waals surface area contributed by atoms with E-state index < -0.39 is 11.9 Å². The van der Waals surface area contributed by atoms with E-state index in [1.807, 2.05) is 6.07 Å². The molecular weight excluding hydrogens is 495 g/mol. The predicted octanol–water partition coefficient (Wildman–Crippen LogP) is 4.82. The Labute approximate surface area is 199 Å². The lowest BCUT2D eigenvalue weighted by molar-refractivity contribution is -0.139. The van der Waals surface area contributed by atoms with Gasteiger partial charge in [-0.1, -0.05) is 18.2 Å². The Balaban J connectivity index is 2.06. The van der Waals surface area contributed by atoms with Gasteiger partial charge < -0.3 is 24.7 Å². The van der Waals surface area contributed by atoms with Crippen LogP contribution in [0.15, 0.2) is 63.7 Å². The fraction of sp³-hybridized carbons (Fsp3) is 0.250. The first-order valence-corrected chi connectivity index (χ1v) is 10.8. The van der Waals surface area contributed by atoms with E-state index in [9.17, 15) is 14.4 Å². The molecule has 1 atom stereocenters. The second-order valence-electron chi connectivity index (χ2n) is 7.03. The highest BCUT2D eigenvalue weighted by Gasteiger charge is 2.37. The first kappa shape index (κ1) is 24.1. The van der Waals surface area contributed by atoms with Crippen molar-refractivity contribution in [1.29, 1.82) is 5.26 Å². The van der Waals surface area contributed by atoms with Crippen molar-refractivity contribution in [3.05, 3.63) is 80.6 Å². The normalized spacial score (nSPS) is 15.6. The first-order chi connectivity index (χ1) is 15.8. The summed E-state index contributed by atoms with van der Waals surface area (Å²) in [6, 6.07) is 11.6. The molecule has 2 N–H and O–H groups in total. The van der Waals surface area contributed by atoms with Crippen LogP contribution in [0.3, 0.4) is 0 Å². The average molecular weight is 517 g/mol. The van der Waals surface area contributed by atoms with Crippen LogP contribution in [-0.2, 0) is 20.9 Å². The number of methoxy groups -OCH3 is 1. The fourth-order valence-corrected chi connectivity index (χ4v) is 4.07. The third-order valence-corrected chi connectivity index (χ3v) is 5.60. The van der Waals surface area contributed by atoms with Crippen molar-refractivity contribution in [3.63, 3.8) is 0 Å². The minimum absolute atomic E-state index is 0.0262. The van der Waals surface area contributed by atoms with Crippen LogP contribution in [0, 0.1) is 17.1 Å². The molecule has 9 heteroatoms. The van der Waals surface area contributed by atoms with Crippen LogP contribution in [0.25, 0.3) is 0 Å². The number of hydrogen-bond donors (Lipinski definition) is 1. The number of nitrogens with zero attached hydrogens (tertiary/aromatic N) is 1. The predicted molar refractivity (Wildman–Crippen MR) is 121 cm³/mol. The molecule has 1 unspecified atom stereocenters. The first-order valence-electron chi connectivity index (χ1n) is 10.0. The van der Waals surface area contributed by atoms with E-state index in [0.717, 1.165) is 0 Å². The Bertz CT molecular complexity index is 1190. The lowest BCUT2D eigenvalue weighted by Crippen LogP contribution is -2.25. The summed E-state index contributed by atoms with van der Waals surface area (Å²) in [5.74, 6) is -1.04. The Morgan fingerprint density at radius 2 is 2.06 bits per heavy atom. The minimum atomic E-state index is -0.839. The molecule has 0 aliphatic carbocycles. The quantitative estimate of drug-likeness (QED) is 0.526. The third kappa shape index (κ3) is 4.96. The van der Waals surface area contributed by atoms with Gasteiger partial charge in [0, 0.05) is 5.56 Å². The molecule has 0 aromatic heterocycles. The molecule has 0 radical (unpaired) electrons. The number of halogens is 2. The zero-order valence-corrected chi connectivity index (χ0v) is 19.9. The van der Waals surface area contributed by atoms with Crippen molar-refractivity contribution in [2.45, 2.75) is 26.4 Å². The van der Waals surface area contributed by atoms with Gasteiger partial charge in [-0.2, -0.15) is 5.26 Å². The number of ether oxygens (including phenoxy) is 4. The van der Waals surface area contributed by atoms with Gasteiger partial charge in [0.05, 0.1) is 29.7 Å². The van der Waals surface area contributed by atoms with E-state index in [1.54, 1.807) is 44.2 Å². The molecule has 1 aliphatic rings. The lowest BCUT2D eigenvalue weighted by atomic mass is 9.83. The molecule has 33 heavy (non-hydrogen) atoms. The Morgan fingerprint density at radius 1 is 1.33 bits per heavy atom. The molecule has 1 heterocycles. The number of nitriles is 1. The molecule has 172 valence electrons. The van der Waals surface area contributed by atoms with E-state index in [0.29, 0.717) is 27.1 Å². The number of carbonyl (C=O) groups is 1. The summed E-state index contributed by atoms with van der Waals surface area (Å²) in [5.41, 5.74) is 7.09. The van der Waals surface area contributed by atoms with Crippen molar-refractivity contribution in [1.82, 2.24) is 0 Å². The number of benzene rings is 2. The fourth-order valence-electron chi connectivity index (χ4n) is 3.50. The lowest BCUT2D eigenvalue weighted by Gasteiger charge is -2.27. The molecule has 0 saturated carbocycles. The standard InChI is InChI=1S/C24H22BrFN2O5/c1-4-31-24(29)20-13(2)33-23(28)16(11-27)21(20)15-9-17(25)22(19(10-15)30-3)32-12-14-7-5-6-8-18(14)26/h5-10,21H,4,12,28H2,1-3H3. The van der Waals surface area contributed by atoms with Gasteiger partial charge in [0.2, 0.25) is 5.88 Å². The van der Waals surface area contributed by atoms with Gasteiger partial charge in [-0.05, 0) is 53.5 Å². The number of nitrogens with two attached hydrogens (primary N) is 1. The molecule has 2 aromatic rings. The van der Waals surface area contributed by atoms with Crippen LogP contribution < -0.4 is 15.2 Å². The summed E-state index contributed by atoms with van der Waals surface area (Å²) in [7, 11) is 1.45. The summed E-state index contributed by atoms with van der Waals surface area (Å²) < 4.78 is 36.4. The summed E-state index contributed by atoms with van der Waals surface area (Å²) >= 11 is 3.46. The van der Waals surface area contributed by atoms with E-state index in [4.69, 9.17) is 24.7 Å². The van der Waals surface area contributed by atoms with Crippen molar-refractivity contribution in [2.24, 2.45) is 5.73 Å². The molecular formula is C24H22BrFN2O5. The molecule has 0 saturated heterocycles. The summed E-state index contributed by atoms with van der Waals surface area (Å²) in [4.78, 5) is 12.7. The van der Waals surface area contributed by atoms with Crippen molar-refractivity contribution >= 4 is 21.9 Å². The maximum atomic E-state index is 14.0. The van der Waals surface area contributed by atoms with Crippen LogP contribution in [0.2, 0.25) is 0 Å². The smallest absolute Gasteiger partial charge is 0.338 e. The van der Waals surface area contributed by atoms with Gasteiger partial charge in [0.1, 0.15) is 29.8 Å². The van der Waals surface area contributed by atoms with Gasteiger partial charge in [-0.15, -0.1) is 0 Å². The van der Waals surface area contributed by atoms with Crippen LogP contribution in [-0.4, -0.2) is 19.7 Å². The number of allylic oxidation sites excluding steroid dienone is 2. The maximum Gasteiger partial charge on any atom is 0.338 e. The van der Waals surface area contributed by atoms with Crippen molar-refractivity contribution in [3.8, 4) is 17.6 Å². The van der Waals surface area contributed by atoms with E-state index in [-0.39, 0.29) is 41.8 Å². The summed E-state index contributed by atoms with van der Waals surface area (Å²) in [5, 5.41) is 9.75. The van der Waals surface area contributed by atoms with Crippen LogP contribution in [0.1, 0.15) is 30.9 Å². The van der Waals surface area contributed by atoms with Gasteiger partial charge in [-0.3, -0.25) is 0 Å². The number of rotatable bonds is 7. The molecule has 7 nitrogen and oxygen atoms in total. The Kier molecular flexibility index (Phi) is 7.61. The Morgan fingerprint density at radius 3 is 2.70 bits per heavy atom. The van der Waals surface area contributed by atoms with Gasteiger partial charge >= 0.3 is 5.97 Å². The molecule has 3 rings (SSSR count). The molecule has 0 spiro atoms. The molecule has 2 aromatic carbocycles. The Hall–Kier alpha value is -3.51. The van der Waals surface area contributed by atoms with Crippen molar-refractivity contribution < 1.29 is 28.1 Å². The second kappa shape index (κ2) is 10.4. The van der Waals surface area contributed by atoms with E-state index in [1.165, 1.54) is 13.2 Å². The zero-order valence-electron chi connectivity index (χ0n) is 18.3. The second-order valence-corrected chi connectivity index (χ2v) is 7.88. The highest BCUT2D eigenvalue weighted by atomic mass is 79.9. The zero-order chi connectivity index (χ0) is 24.1. The molecule has 1 aliphatic heterocycles. The highest BCUT2D eigenvalue weighted by molar-refractivity contribution is 9.10. The number of esters is 1. The number of carbonyl (C=O) groups excluding carboxylic acids is 1. The largest absolute Gasteiger partial charge is 0.493 e. The topological polar surface area (TPSA) is 104 Å². The third-order valence-electron chi connectivity index (χ3n) is 5.02. The minimum Gasteiger partial charge on any atom is -0.493 e. The van der Waals surface area contributed by atoms with Gasteiger partial charge in [-0.25, -0.2) is 9.18 Å². The van der Waals surface area contributed by atoms with E-state index >= 15 is 0 Å². The van der Waals surface area contributed by atoms with Crippen LogP contribution >= 0.6 is 15.9 Å². The number of hydrogen-bond acceptors (Lipinski definition) is 7. The molecule has 0 amide bonds. The van der Waals surface area contributed by atoms with Crippen LogP contribution in [0.5, 0.6) is 11.5 Å². The van der Waals surface area contributed by atoms with Gasteiger partial charge in [0.15, 0.2) is 11.5 Å². The monoisotopic (exact) mass is 516 g/mol. The summed E-state index contributed by atoms with van der Waals surface area (Å²) in [6.07, 6.45) is 0. The highest BCUT2D eigenvalue weighted by Crippen LogP contribution is 2.45. The van der Waals surface area contributed by atoms with Crippen molar-refractivity contribution in [2.75, 3.05) is 13.7 Å². The van der Waals surface area contributed by atoms with Gasteiger partial charge in [0.25, 0.3) is 0 Å². The molecule has 0 fully saturated rings.